The lowest BCUT2D eigenvalue weighted by Crippen LogP contribution is -2.37. The van der Waals surface area contributed by atoms with Crippen LogP contribution in [0, 0.1) is 11.3 Å². The Morgan fingerprint density at radius 1 is 1.00 bits per heavy atom. The molecule has 4 rings (SSSR count). The van der Waals surface area contributed by atoms with Crippen LogP contribution >= 0.6 is 0 Å². The van der Waals surface area contributed by atoms with Crippen molar-refractivity contribution < 1.29 is 0 Å². The Balaban J connectivity index is 0.00000272. The second-order valence-corrected chi connectivity index (χ2v) is 8.17. The van der Waals surface area contributed by atoms with Crippen LogP contribution in [0.1, 0.15) is 44.2 Å². The number of hydrogen-bond acceptors (Lipinski definition) is 6. The molecule has 1 saturated carbocycles. The standard InChI is InChI=1S/C24H28N6.CH4/c1-30(2)23-21-8-3-4-9-22(21)28-24(29-23)27-20-12-10-19(11-13-20)26-16-18-7-5-6-17(14-18)15-25;/h3-9,14,19-20,26H,10-13,16H2,1-2H3,(H,27,28,29);1H4. The Morgan fingerprint density at radius 3 is 2.48 bits per heavy atom. The summed E-state index contributed by atoms with van der Waals surface area (Å²) in [6.45, 7) is 0.804. The van der Waals surface area contributed by atoms with Crippen LogP contribution in [0.3, 0.4) is 0 Å². The Labute approximate surface area is 185 Å². The van der Waals surface area contributed by atoms with E-state index in [-0.39, 0.29) is 7.43 Å². The molecule has 0 spiro atoms. The molecule has 6 nitrogen and oxygen atoms in total. The maximum atomic E-state index is 9.04. The van der Waals surface area contributed by atoms with Crippen molar-refractivity contribution in [1.82, 2.24) is 15.3 Å². The van der Waals surface area contributed by atoms with Gasteiger partial charge in [-0.2, -0.15) is 10.2 Å². The molecule has 1 fully saturated rings. The zero-order valence-electron chi connectivity index (χ0n) is 17.6. The van der Waals surface area contributed by atoms with Crippen LogP contribution < -0.4 is 15.5 Å². The van der Waals surface area contributed by atoms with Crippen LogP contribution in [0.25, 0.3) is 10.9 Å². The van der Waals surface area contributed by atoms with Crippen molar-refractivity contribution in [2.24, 2.45) is 0 Å². The number of rotatable bonds is 6. The molecule has 2 N–H and O–H groups in total. The Hall–Kier alpha value is -3.17. The first kappa shape index (κ1) is 22.5. The average Bonchev–Trinajstić information content (AvgIpc) is 2.78. The van der Waals surface area contributed by atoms with Gasteiger partial charge in [0, 0.05) is 38.1 Å². The van der Waals surface area contributed by atoms with Crippen LogP contribution in [0.4, 0.5) is 11.8 Å². The molecular weight excluding hydrogens is 384 g/mol. The number of nitrogens with zero attached hydrogens (tertiary/aromatic N) is 4. The normalized spacial score (nSPS) is 18.1. The largest absolute Gasteiger partial charge is 0.362 e. The van der Waals surface area contributed by atoms with Crippen LogP contribution in [0.5, 0.6) is 0 Å². The molecule has 1 aliphatic carbocycles. The number of nitriles is 1. The Morgan fingerprint density at radius 2 is 1.74 bits per heavy atom. The number of para-hydroxylation sites is 1. The number of fused-ring (bicyclic) bond motifs is 1. The van der Waals surface area contributed by atoms with E-state index in [9.17, 15) is 0 Å². The minimum atomic E-state index is 0. The van der Waals surface area contributed by atoms with Gasteiger partial charge in [0.2, 0.25) is 5.95 Å². The van der Waals surface area contributed by atoms with Gasteiger partial charge in [0.05, 0.1) is 17.1 Å². The molecule has 31 heavy (non-hydrogen) atoms. The highest BCUT2D eigenvalue weighted by Crippen LogP contribution is 2.26. The monoisotopic (exact) mass is 416 g/mol. The zero-order valence-corrected chi connectivity index (χ0v) is 17.6. The summed E-state index contributed by atoms with van der Waals surface area (Å²) in [6.07, 6.45) is 4.40. The second kappa shape index (κ2) is 10.2. The van der Waals surface area contributed by atoms with Gasteiger partial charge in [-0.1, -0.05) is 31.7 Å². The number of nitrogens with one attached hydrogen (secondary N) is 2. The van der Waals surface area contributed by atoms with E-state index >= 15 is 0 Å². The van der Waals surface area contributed by atoms with Crippen molar-refractivity contribution in [1.29, 1.82) is 5.26 Å². The summed E-state index contributed by atoms with van der Waals surface area (Å²) in [5, 5.41) is 17.3. The molecule has 1 aliphatic rings. The van der Waals surface area contributed by atoms with Gasteiger partial charge >= 0.3 is 0 Å². The molecule has 1 heterocycles. The third kappa shape index (κ3) is 5.50. The molecule has 6 heteroatoms. The third-order valence-corrected chi connectivity index (χ3v) is 5.72. The molecule has 0 saturated heterocycles. The average molecular weight is 417 g/mol. The highest BCUT2D eigenvalue weighted by molar-refractivity contribution is 5.90. The third-order valence-electron chi connectivity index (χ3n) is 5.72. The molecule has 0 aliphatic heterocycles. The maximum absolute atomic E-state index is 9.04. The molecule has 162 valence electrons. The summed E-state index contributed by atoms with van der Waals surface area (Å²) < 4.78 is 0. The number of anilines is 2. The van der Waals surface area contributed by atoms with Gasteiger partial charge in [-0.25, -0.2) is 4.98 Å². The van der Waals surface area contributed by atoms with E-state index in [2.05, 4.69) is 28.8 Å². The predicted octanol–water partition coefficient (Wildman–Crippen LogP) is 4.72. The van der Waals surface area contributed by atoms with Crippen LogP contribution in [-0.2, 0) is 6.54 Å². The highest BCUT2D eigenvalue weighted by atomic mass is 15.2. The van der Waals surface area contributed by atoms with E-state index < -0.39 is 0 Å². The first-order chi connectivity index (χ1) is 14.6. The predicted molar refractivity (Wildman–Crippen MR) is 128 cm³/mol. The van der Waals surface area contributed by atoms with Gasteiger partial charge in [-0.15, -0.1) is 0 Å². The molecule has 2 aromatic carbocycles. The minimum Gasteiger partial charge on any atom is -0.362 e. The molecule has 0 unspecified atom stereocenters. The van der Waals surface area contributed by atoms with Gasteiger partial charge in [0.15, 0.2) is 0 Å². The summed E-state index contributed by atoms with van der Waals surface area (Å²) >= 11 is 0. The van der Waals surface area contributed by atoms with E-state index in [1.54, 1.807) is 0 Å². The second-order valence-electron chi connectivity index (χ2n) is 8.17. The Bertz CT molecular complexity index is 1050. The van der Waals surface area contributed by atoms with E-state index in [0.717, 1.165) is 60.1 Å². The smallest absolute Gasteiger partial charge is 0.225 e. The fourth-order valence-corrected chi connectivity index (χ4v) is 4.10. The lowest BCUT2D eigenvalue weighted by Gasteiger charge is -2.30. The van der Waals surface area contributed by atoms with Crippen LogP contribution in [0.15, 0.2) is 48.5 Å². The first-order valence-electron chi connectivity index (χ1n) is 10.6. The number of hydrogen-bond donors (Lipinski definition) is 2. The van der Waals surface area contributed by atoms with Gasteiger partial charge in [-0.3, -0.25) is 0 Å². The first-order valence-corrected chi connectivity index (χ1v) is 10.6. The minimum absolute atomic E-state index is 0. The quantitative estimate of drug-likeness (QED) is 0.606. The van der Waals surface area contributed by atoms with Crippen molar-refractivity contribution in [3.63, 3.8) is 0 Å². The van der Waals surface area contributed by atoms with E-state index in [1.165, 1.54) is 0 Å². The molecule has 0 radical (unpaired) electrons. The van der Waals surface area contributed by atoms with Crippen molar-refractivity contribution in [2.45, 2.75) is 51.7 Å². The van der Waals surface area contributed by atoms with Gasteiger partial charge < -0.3 is 15.5 Å². The fourth-order valence-electron chi connectivity index (χ4n) is 4.10. The van der Waals surface area contributed by atoms with Crippen molar-refractivity contribution in [3.05, 3.63) is 59.7 Å². The van der Waals surface area contributed by atoms with E-state index in [4.69, 9.17) is 15.2 Å². The SMILES string of the molecule is C.CN(C)c1nc(NC2CCC(NCc3cccc(C#N)c3)CC2)nc2ccccc12. The van der Waals surface area contributed by atoms with Crippen molar-refractivity contribution in [2.75, 3.05) is 24.3 Å². The summed E-state index contributed by atoms with van der Waals surface area (Å²) in [4.78, 5) is 11.5. The van der Waals surface area contributed by atoms with Crippen LogP contribution in [0.2, 0.25) is 0 Å². The summed E-state index contributed by atoms with van der Waals surface area (Å²) in [5.74, 6) is 1.65. The van der Waals surface area contributed by atoms with Crippen molar-refractivity contribution >= 4 is 22.7 Å². The van der Waals surface area contributed by atoms with Gasteiger partial charge in [0.25, 0.3) is 0 Å². The number of aromatic nitrogens is 2. The molecule has 3 aromatic rings. The van der Waals surface area contributed by atoms with Crippen molar-refractivity contribution in [3.8, 4) is 6.07 Å². The van der Waals surface area contributed by atoms with Crippen LogP contribution in [-0.4, -0.2) is 36.1 Å². The number of benzene rings is 2. The molecule has 1 aromatic heterocycles. The molecule has 0 amide bonds. The lowest BCUT2D eigenvalue weighted by atomic mass is 9.91. The molecule has 0 atom stereocenters. The maximum Gasteiger partial charge on any atom is 0.225 e. The molecular formula is C25H32N6. The summed E-state index contributed by atoms with van der Waals surface area (Å²) in [6, 6.07) is 19.1. The van der Waals surface area contributed by atoms with Gasteiger partial charge in [-0.05, 0) is 55.5 Å². The molecule has 0 bridgehead atoms. The topological polar surface area (TPSA) is 76.9 Å². The van der Waals surface area contributed by atoms with E-state index in [0.29, 0.717) is 18.0 Å². The zero-order chi connectivity index (χ0) is 20.9. The lowest BCUT2D eigenvalue weighted by molar-refractivity contribution is 0.352. The summed E-state index contributed by atoms with van der Waals surface area (Å²) in [5.41, 5.74) is 2.85. The summed E-state index contributed by atoms with van der Waals surface area (Å²) in [7, 11) is 4.03. The fraction of sp³-hybridized carbons (Fsp3) is 0.400. The van der Waals surface area contributed by atoms with E-state index in [1.807, 2.05) is 55.4 Å². The highest BCUT2D eigenvalue weighted by Gasteiger charge is 2.22. The Kier molecular flexibility index (Phi) is 7.43. The van der Waals surface area contributed by atoms with Gasteiger partial charge in [0.1, 0.15) is 5.82 Å².